The van der Waals surface area contributed by atoms with E-state index in [4.69, 9.17) is 9.47 Å². The van der Waals surface area contributed by atoms with Crippen LogP contribution >= 0.6 is 15.9 Å². The summed E-state index contributed by atoms with van der Waals surface area (Å²) >= 11 is 3.33. The highest BCUT2D eigenvalue weighted by molar-refractivity contribution is 9.10. The number of benzene rings is 2. The Kier molecular flexibility index (Phi) is 5.39. The van der Waals surface area contributed by atoms with Gasteiger partial charge in [0.2, 0.25) is 0 Å². The molecule has 3 nitrogen and oxygen atoms in total. The number of halogens is 1. The number of esters is 1. The van der Waals surface area contributed by atoms with Gasteiger partial charge in [-0.1, -0.05) is 29.8 Å². The van der Waals surface area contributed by atoms with Crippen molar-refractivity contribution in [2.75, 3.05) is 6.61 Å². The third-order valence-corrected chi connectivity index (χ3v) is 3.23. The van der Waals surface area contributed by atoms with Crippen LogP contribution in [-0.4, -0.2) is 12.6 Å². The van der Waals surface area contributed by atoms with Crippen LogP contribution in [0.15, 0.2) is 53.0 Å². The first kappa shape index (κ1) is 15.6. The van der Waals surface area contributed by atoms with E-state index in [1.807, 2.05) is 12.1 Å². The van der Waals surface area contributed by atoms with Crippen molar-refractivity contribution in [3.05, 3.63) is 58.6 Å². The molecule has 0 spiro atoms. The third kappa shape index (κ3) is 4.90. The van der Waals surface area contributed by atoms with Gasteiger partial charge in [0, 0.05) is 4.47 Å². The largest absolute Gasteiger partial charge is 0.493 e. The monoisotopic (exact) mass is 348 g/mol. The molecule has 2 aromatic carbocycles. The lowest BCUT2D eigenvalue weighted by Crippen LogP contribution is -2.09. The zero-order chi connectivity index (χ0) is 15.2. The summed E-state index contributed by atoms with van der Waals surface area (Å²) in [5, 5.41) is 0. The Labute approximate surface area is 133 Å². The van der Waals surface area contributed by atoms with Crippen LogP contribution in [0.1, 0.15) is 24.2 Å². The van der Waals surface area contributed by atoms with Gasteiger partial charge in [-0.3, -0.25) is 0 Å². The first-order chi connectivity index (χ1) is 10.0. The van der Waals surface area contributed by atoms with E-state index in [-0.39, 0.29) is 5.97 Å². The number of rotatable bonds is 5. The predicted octanol–water partition coefficient (Wildman–Crippen LogP) is 4.70. The lowest BCUT2D eigenvalue weighted by atomic mass is 10.2. The van der Waals surface area contributed by atoms with E-state index in [1.54, 1.807) is 36.4 Å². The molecule has 0 atom stereocenters. The number of carbonyl (C=O) groups is 1. The van der Waals surface area contributed by atoms with Gasteiger partial charge in [0.1, 0.15) is 11.5 Å². The van der Waals surface area contributed by atoms with E-state index in [0.29, 0.717) is 23.8 Å². The normalized spacial score (nSPS) is 10.5. The zero-order valence-electron chi connectivity index (χ0n) is 12.0. The maximum absolute atomic E-state index is 12.0. The highest BCUT2D eigenvalue weighted by Gasteiger charge is 2.09. The lowest BCUT2D eigenvalue weighted by molar-refractivity contribution is 0.0734. The zero-order valence-corrected chi connectivity index (χ0v) is 13.6. The van der Waals surface area contributed by atoms with Gasteiger partial charge in [0.05, 0.1) is 12.2 Å². The van der Waals surface area contributed by atoms with E-state index < -0.39 is 0 Å². The highest BCUT2D eigenvalue weighted by atomic mass is 79.9. The van der Waals surface area contributed by atoms with Crippen LogP contribution in [0.25, 0.3) is 0 Å². The Morgan fingerprint density at radius 3 is 2.14 bits per heavy atom. The summed E-state index contributed by atoms with van der Waals surface area (Å²) in [5.41, 5.74) is 0.495. The fraction of sp³-hybridized carbons (Fsp3) is 0.235. The Hall–Kier alpha value is -1.81. The quantitative estimate of drug-likeness (QED) is 0.580. The van der Waals surface area contributed by atoms with Crippen LogP contribution in [-0.2, 0) is 0 Å². The molecule has 0 aliphatic heterocycles. The summed E-state index contributed by atoms with van der Waals surface area (Å²) in [6, 6.07) is 14.1. The van der Waals surface area contributed by atoms with E-state index in [1.165, 1.54) is 0 Å². The van der Waals surface area contributed by atoms with Crippen molar-refractivity contribution in [3.8, 4) is 11.5 Å². The first-order valence-electron chi connectivity index (χ1n) is 6.75. The van der Waals surface area contributed by atoms with Crippen LogP contribution in [0.4, 0.5) is 0 Å². The minimum absolute atomic E-state index is 0.382. The molecule has 0 aliphatic rings. The maximum Gasteiger partial charge on any atom is 0.343 e. The summed E-state index contributed by atoms with van der Waals surface area (Å²) in [7, 11) is 0. The molecule has 0 saturated carbocycles. The molecular formula is C17H17BrO3. The number of carbonyl (C=O) groups excluding carboxylic acids is 1. The fourth-order valence-corrected chi connectivity index (χ4v) is 1.88. The Bertz CT molecular complexity index is 588. The van der Waals surface area contributed by atoms with E-state index in [9.17, 15) is 4.79 Å². The van der Waals surface area contributed by atoms with Crippen LogP contribution in [0.3, 0.4) is 0 Å². The molecule has 21 heavy (non-hydrogen) atoms. The molecule has 0 N–H and O–H groups in total. The van der Waals surface area contributed by atoms with Crippen LogP contribution in [0.2, 0.25) is 0 Å². The summed E-state index contributed by atoms with van der Waals surface area (Å²) in [5.74, 6) is 1.35. The number of ether oxygens (including phenoxy) is 2. The molecule has 0 radical (unpaired) electrons. The molecule has 0 amide bonds. The van der Waals surface area contributed by atoms with Crippen molar-refractivity contribution in [2.24, 2.45) is 5.92 Å². The first-order valence-corrected chi connectivity index (χ1v) is 7.54. The van der Waals surface area contributed by atoms with Gasteiger partial charge in [-0.2, -0.15) is 0 Å². The summed E-state index contributed by atoms with van der Waals surface area (Å²) in [6.45, 7) is 4.83. The molecule has 2 aromatic rings. The van der Waals surface area contributed by atoms with Crippen molar-refractivity contribution >= 4 is 21.9 Å². The molecule has 0 saturated heterocycles. The molecule has 0 unspecified atom stereocenters. The average molecular weight is 349 g/mol. The fourth-order valence-electron chi connectivity index (χ4n) is 1.62. The van der Waals surface area contributed by atoms with Gasteiger partial charge in [-0.05, 0) is 54.4 Å². The second kappa shape index (κ2) is 7.27. The van der Waals surface area contributed by atoms with Crippen LogP contribution < -0.4 is 9.47 Å². The molecular weight excluding hydrogens is 332 g/mol. The second-order valence-corrected chi connectivity index (χ2v) is 5.99. The van der Waals surface area contributed by atoms with E-state index in [2.05, 4.69) is 29.8 Å². The smallest absolute Gasteiger partial charge is 0.343 e. The number of hydrogen-bond donors (Lipinski definition) is 0. The van der Waals surface area contributed by atoms with Gasteiger partial charge in [0.25, 0.3) is 0 Å². The molecule has 0 fully saturated rings. The van der Waals surface area contributed by atoms with Crippen molar-refractivity contribution in [3.63, 3.8) is 0 Å². The van der Waals surface area contributed by atoms with Gasteiger partial charge < -0.3 is 9.47 Å². The highest BCUT2D eigenvalue weighted by Crippen LogP contribution is 2.18. The van der Waals surface area contributed by atoms with Gasteiger partial charge >= 0.3 is 5.97 Å². The molecule has 110 valence electrons. The average Bonchev–Trinajstić information content (AvgIpc) is 2.48. The molecule has 0 aliphatic carbocycles. The summed E-state index contributed by atoms with van der Waals surface area (Å²) in [4.78, 5) is 12.0. The second-order valence-electron chi connectivity index (χ2n) is 5.07. The minimum Gasteiger partial charge on any atom is -0.493 e. The van der Waals surface area contributed by atoms with Gasteiger partial charge in [-0.15, -0.1) is 0 Å². The van der Waals surface area contributed by atoms with Crippen molar-refractivity contribution in [1.82, 2.24) is 0 Å². The lowest BCUT2D eigenvalue weighted by Gasteiger charge is -2.09. The SMILES string of the molecule is CC(C)COc1ccc(C(=O)Oc2ccc(Br)cc2)cc1. The number of hydrogen-bond acceptors (Lipinski definition) is 3. The standard InChI is InChI=1S/C17H17BrO3/c1-12(2)11-20-15-7-3-13(4-8-15)17(19)21-16-9-5-14(18)6-10-16/h3-10,12H,11H2,1-2H3. The van der Waals surface area contributed by atoms with E-state index in [0.717, 1.165) is 10.2 Å². The van der Waals surface area contributed by atoms with Crippen molar-refractivity contribution in [1.29, 1.82) is 0 Å². The predicted molar refractivity (Wildman–Crippen MR) is 85.9 cm³/mol. The molecule has 0 heterocycles. The Balaban J connectivity index is 1.97. The third-order valence-electron chi connectivity index (χ3n) is 2.70. The Morgan fingerprint density at radius 2 is 1.57 bits per heavy atom. The minimum atomic E-state index is -0.382. The molecule has 0 bridgehead atoms. The molecule has 4 heteroatoms. The maximum atomic E-state index is 12.0. The summed E-state index contributed by atoms with van der Waals surface area (Å²) in [6.07, 6.45) is 0. The Morgan fingerprint density at radius 1 is 1.00 bits per heavy atom. The molecule has 0 aromatic heterocycles. The van der Waals surface area contributed by atoms with Gasteiger partial charge in [-0.25, -0.2) is 4.79 Å². The molecule has 2 rings (SSSR count). The van der Waals surface area contributed by atoms with Gasteiger partial charge in [0.15, 0.2) is 0 Å². The van der Waals surface area contributed by atoms with Crippen LogP contribution in [0.5, 0.6) is 11.5 Å². The van der Waals surface area contributed by atoms with Crippen LogP contribution in [0, 0.1) is 5.92 Å². The summed E-state index contributed by atoms with van der Waals surface area (Å²) < 4.78 is 11.8. The topological polar surface area (TPSA) is 35.5 Å². The van der Waals surface area contributed by atoms with Crippen molar-refractivity contribution < 1.29 is 14.3 Å². The van der Waals surface area contributed by atoms with Crippen molar-refractivity contribution in [2.45, 2.75) is 13.8 Å². The van der Waals surface area contributed by atoms with E-state index >= 15 is 0 Å².